The van der Waals surface area contributed by atoms with Crippen molar-refractivity contribution < 1.29 is 47.7 Å². The molecule has 0 saturated carbocycles. The van der Waals surface area contributed by atoms with Crippen LogP contribution in [-0.2, 0) is 32.4 Å². The summed E-state index contributed by atoms with van der Waals surface area (Å²) in [5.74, 6) is 2.51. The monoisotopic (exact) mass is 402 g/mol. The zero-order valence-electron chi connectivity index (χ0n) is 15.3. The molecule has 0 spiro atoms. The first kappa shape index (κ1) is 23.8. The fourth-order valence-electron chi connectivity index (χ4n) is 2.88. The molecule has 0 amide bonds. The maximum Gasteiger partial charge on any atom is -1.00 e. The summed E-state index contributed by atoms with van der Waals surface area (Å²) in [6, 6.07) is 4.65. The van der Waals surface area contributed by atoms with Gasteiger partial charge in [-0.3, -0.25) is 0 Å². The summed E-state index contributed by atoms with van der Waals surface area (Å²) in [4.78, 5) is 0. The van der Waals surface area contributed by atoms with Crippen molar-refractivity contribution in [3.05, 3.63) is 50.9 Å². The van der Waals surface area contributed by atoms with Crippen LogP contribution in [0.4, 0.5) is 0 Å². The molecular weight excluding hydrogens is 375 g/mol. The molecule has 24 heavy (non-hydrogen) atoms. The Morgan fingerprint density at radius 2 is 1.54 bits per heavy atom. The van der Waals surface area contributed by atoms with Crippen LogP contribution in [0.2, 0.25) is 0 Å². The number of rotatable bonds is 7. The number of halogens is 2. The third kappa shape index (κ3) is 7.36. The van der Waals surface area contributed by atoms with E-state index in [1.807, 2.05) is 0 Å². The van der Waals surface area contributed by atoms with Gasteiger partial charge < -0.3 is 24.8 Å². The largest absolute Gasteiger partial charge is 1.00 e. The Kier molecular flexibility index (Phi) is 11.3. The summed E-state index contributed by atoms with van der Waals surface area (Å²) in [6.07, 6.45) is 9.91. The number of aryl methyl sites for hydroxylation is 1. The Morgan fingerprint density at radius 1 is 1.00 bits per heavy atom. The molecule has 0 N–H and O–H groups in total. The molecule has 1 aliphatic rings. The van der Waals surface area contributed by atoms with Gasteiger partial charge in [0.15, 0.2) is 0 Å². The van der Waals surface area contributed by atoms with Crippen molar-refractivity contribution in [1.29, 1.82) is 0 Å². The van der Waals surface area contributed by atoms with Crippen LogP contribution >= 0.6 is 0 Å². The quantitative estimate of drug-likeness (QED) is 0.565. The zero-order valence-corrected chi connectivity index (χ0v) is 18.4. The standard InChI is InChI=1S/C15H24O.C5H5.2ClH.Ti/c1-10(2)6-13-8-12(5)9-14(15(13)16)7-11(3)4;1-2-4-5-3-1;;;/h8-11,16H,6-7H2,1-5H3;1-3H,4H2;2*1H;/q;;;;+3/p-3. The number of hydrogen-bond donors (Lipinski definition) is 0. The molecule has 0 aliphatic heterocycles. The third-order valence-corrected chi connectivity index (χ3v) is 5.17. The van der Waals surface area contributed by atoms with Gasteiger partial charge in [0.2, 0.25) is 0 Å². The van der Waals surface area contributed by atoms with Gasteiger partial charge in [0.05, 0.1) is 0 Å². The molecule has 2 rings (SSSR count). The van der Waals surface area contributed by atoms with Crippen LogP contribution in [0.5, 0.6) is 5.75 Å². The molecule has 1 aliphatic carbocycles. The summed E-state index contributed by atoms with van der Waals surface area (Å²) < 4.78 is 7.92. The second kappa shape index (κ2) is 11.4. The van der Waals surface area contributed by atoms with E-state index in [-0.39, 0.29) is 24.8 Å². The molecule has 1 nitrogen and oxygen atoms in total. The predicted octanol–water partition coefficient (Wildman–Crippen LogP) is -0.380. The van der Waals surface area contributed by atoms with Crippen LogP contribution in [0.3, 0.4) is 0 Å². The molecule has 1 aromatic rings. The van der Waals surface area contributed by atoms with Crippen molar-refractivity contribution in [3.8, 4) is 5.75 Å². The number of hydrogen-bond acceptors (Lipinski definition) is 1. The van der Waals surface area contributed by atoms with Gasteiger partial charge in [-0.2, -0.15) is 0 Å². The van der Waals surface area contributed by atoms with Gasteiger partial charge in [0, 0.05) is 0 Å². The van der Waals surface area contributed by atoms with Crippen molar-refractivity contribution in [1.82, 2.24) is 0 Å². The van der Waals surface area contributed by atoms with E-state index in [1.54, 1.807) is 0 Å². The van der Waals surface area contributed by atoms with Crippen LogP contribution in [0.25, 0.3) is 0 Å². The first-order valence-corrected chi connectivity index (χ1v) is 9.78. The van der Waals surface area contributed by atoms with E-state index in [1.165, 1.54) is 26.3 Å². The summed E-state index contributed by atoms with van der Waals surface area (Å²) in [5.41, 5.74) is 4.17. The molecule has 0 unspecified atom stereocenters. The second-order valence-corrected chi connectivity index (χ2v) is 8.78. The van der Waals surface area contributed by atoms with Crippen LogP contribution < -0.4 is 28.1 Å². The summed E-state index contributed by atoms with van der Waals surface area (Å²) >= 11 is -0.500. The first-order chi connectivity index (χ1) is 10.5. The predicted molar refractivity (Wildman–Crippen MR) is 90.7 cm³/mol. The van der Waals surface area contributed by atoms with E-state index < -0.39 is 19.5 Å². The van der Waals surface area contributed by atoms with E-state index >= 15 is 0 Å². The van der Waals surface area contributed by atoms with Gasteiger partial charge in [0.25, 0.3) is 0 Å². The Balaban J connectivity index is 0.00000264. The van der Waals surface area contributed by atoms with Gasteiger partial charge in [-0.15, -0.1) is 0 Å². The molecule has 0 radical (unpaired) electrons. The Hall–Kier alpha value is -0.206. The summed E-state index contributed by atoms with van der Waals surface area (Å²) in [6.45, 7) is 11.3. The Bertz CT molecular complexity index is 546. The second-order valence-electron chi connectivity index (χ2n) is 7.14. The molecule has 0 atom stereocenters. The first-order valence-electron chi connectivity index (χ1n) is 8.36. The molecule has 0 fully saturated rings. The fourth-order valence-corrected chi connectivity index (χ4v) is 4.23. The number of allylic oxidation sites excluding steroid dienone is 4. The van der Waals surface area contributed by atoms with Crippen molar-refractivity contribution >= 4 is 0 Å². The van der Waals surface area contributed by atoms with Crippen molar-refractivity contribution in [2.75, 3.05) is 0 Å². The molecule has 132 valence electrons. The minimum Gasteiger partial charge on any atom is -1.00 e. The van der Waals surface area contributed by atoms with Crippen LogP contribution in [0.15, 0.2) is 34.2 Å². The molecule has 0 saturated heterocycles. The van der Waals surface area contributed by atoms with E-state index in [2.05, 4.69) is 65.0 Å². The topological polar surface area (TPSA) is 9.23 Å². The maximum absolute atomic E-state index is 6.43. The Labute approximate surface area is 169 Å². The van der Waals surface area contributed by atoms with Crippen LogP contribution in [0.1, 0.15) is 50.8 Å². The van der Waals surface area contributed by atoms with Crippen LogP contribution in [0, 0.1) is 18.8 Å². The van der Waals surface area contributed by atoms with Crippen molar-refractivity contribution in [2.24, 2.45) is 11.8 Å². The van der Waals surface area contributed by atoms with Crippen LogP contribution in [-0.4, -0.2) is 0 Å². The fraction of sp³-hybridized carbons (Fsp3) is 0.500. The SMILES string of the molecule is Cc1cc(CC(C)C)c([O][Ti+2][C]2=CC=CC2)c(CC(C)C)c1.[Cl-].[Cl-]. The van der Waals surface area contributed by atoms with Gasteiger partial charge >= 0.3 is 145 Å². The smallest absolute Gasteiger partial charge is 1.00 e. The molecule has 4 heteroatoms. The van der Waals surface area contributed by atoms with Gasteiger partial charge in [0.1, 0.15) is 0 Å². The van der Waals surface area contributed by atoms with Crippen molar-refractivity contribution in [3.63, 3.8) is 0 Å². The normalized spacial score (nSPS) is 12.5. The molecule has 1 aromatic carbocycles. The Morgan fingerprint density at radius 3 is 1.96 bits per heavy atom. The third-order valence-electron chi connectivity index (χ3n) is 3.70. The average molecular weight is 403 g/mol. The molecular formula is C20H28Cl2OTi. The average Bonchev–Trinajstić information content (AvgIpc) is 2.89. The molecule has 0 heterocycles. The van der Waals surface area contributed by atoms with E-state index in [0.29, 0.717) is 11.8 Å². The molecule has 0 bridgehead atoms. The van der Waals surface area contributed by atoms with E-state index in [4.69, 9.17) is 3.32 Å². The van der Waals surface area contributed by atoms with Gasteiger partial charge in [-0.1, -0.05) is 0 Å². The van der Waals surface area contributed by atoms with Crippen molar-refractivity contribution in [2.45, 2.75) is 53.9 Å². The van der Waals surface area contributed by atoms with E-state index in [9.17, 15) is 0 Å². The van der Waals surface area contributed by atoms with E-state index in [0.717, 1.165) is 19.3 Å². The van der Waals surface area contributed by atoms with Gasteiger partial charge in [-0.25, -0.2) is 0 Å². The minimum atomic E-state index is -0.500. The summed E-state index contributed by atoms with van der Waals surface area (Å²) in [5, 5.41) is 0. The zero-order chi connectivity index (χ0) is 16.1. The maximum atomic E-state index is 6.43. The summed E-state index contributed by atoms with van der Waals surface area (Å²) in [7, 11) is 0. The molecule has 0 aromatic heterocycles. The number of benzene rings is 1. The van der Waals surface area contributed by atoms with Gasteiger partial charge in [-0.05, 0) is 0 Å². The minimum absolute atomic E-state index is 0.